The molecule has 0 aliphatic carbocycles. The van der Waals surface area contributed by atoms with E-state index in [2.05, 4.69) is 0 Å². The van der Waals surface area contributed by atoms with Crippen molar-refractivity contribution in [2.45, 2.75) is 18.3 Å². The van der Waals surface area contributed by atoms with Crippen molar-refractivity contribution >= 4 is 32.3 Å². The first kappa shape index (κ1) is 31.3. The van der Waals surface area contributed by atoms with E-state index in [-0.39, 0.29) is 39.5 Å². The van der Waals surface area contributed by atoms with Crippen LogP contribution in [-0.4, -0.2) is 78.0 Å². The fraction of sp³-hybridized carbons (Fsp3) is 0.231. The van der Waals surface area contributed by atoms with Gasteiger partial charge in [0.1, 0.15) is 55.4 Å². The molecule has 7 nitrogen and oxygen atoms in total. The fourth-order valence-corrected chi connectivity index (χ4v) is 5.62. The summed E-state index contributed by atoms with van der Waals surface area (Å²) in [6, 6.07) is 41.5. The third kappa shape index (κ3) is 8.53. The maximum Gasteiger partial charge on any atom is 0.120 e. The van der Waals surface area contributed by atoms with Crippen LogP contribution in [0.1, 0.15) is 0 Å². The largest absolute Gasteiger partial charge is 0.491 e. The van der Waals surface area contributed by atoms with Gasteiger partial charge in [-0.1, -0.05) is 91.0 Å². The zero-order valence-electron chi connectivity index (χ0n) is 25.6. The van der Waals surface area contributed by atoms with Crippen LogP contribution in [0.3, 0.4) is 0 Å². The van der Waals surface area contributed by atoms with Gasteiger partial charge < -0.3 is 29.5 Å². The van der Waals surface area contributed by atoms with E-state index >= 15 is 0 Å². The molecule has 0 amide bonds. The number of fused-ring (bicyclic) bond motifs is 3. The quantitative estimate of drug-likeness (QED) is 0.129. The van der Waals surface area contributed by atoms with E-state index in [1.165, 1.54) is 0 Å². The van der Waals surface area contributed by atoms with Gasteiger partial charge in [0.2, 0.25) is 0 Å². The van der Waals surface area contributed by atoms with Gasteiger partial charge in [0, 0.05) is 19.6 Å². The molecule has 3 atom stereocenters. The minimum Gasteiger partial charge on any atom is -0.491 e. The average Bonchev–Trinajstić information content (AvgIpc) is 3.08. The molecule has 0 heterocycles. The third-order valence-electron chi connectivity index (χ3n) is 7.90. The van der Waals surface area contributed by atoms with Gasteiger partial charge in [-0.05, 0) is 68.7 Å². The highest BCUT2D eigenvalue weighted by Gasteiger charge is 2.21. The van der Waals surface area contributed by atoms with Crippen LogP contribution in [0.4, 0.5) is 0 Å². The lowest BCUT2D eigenvalue weighted by Gasteiger charge is -2.29. The molecule has 0 spiro atoms. The predicted octanol–water partition coefficient (Wildman–Crippen LogP) is 6.07. The van der Waals surface area contributed by atoms with E-state index in [0.29, 0.717) is 17.2 Å². The molecular weight excluding hydrogens is 578 g/mol. The summed E-state index contributed by atoms with van der Waals surface area (Å²) in [5, 5.41) is 39.3. The molecular formula is C39H39NO6. The van der Waals surface area contributed by atoms with Crippen LogP contribution in [-0.2, 0) is 0 Å². The van der Waals surface area contributed by atoms with Crippen LogP contribution in [0.25, 0.3) is 32.3 Å². The van der Waals surface area contributed by atoms with Gasteiger partial charge in [-0.15, -0.1) is 0 Å². The second-order valence-electron chi connectivity index (χ2n) is 11.6. The van der Waals surface area contributed by atoms with Crippen LogP contribution < -0.4 is 14.2 Å². The summed E-state index contributed by atoms with van der Waals surface area (Å²) in [5.41, 5.74) is 0. The Hall–Kier alpha value is -4.66. The molecule has 0 radical (unpaired) electrons. The second kappa shape index (κ2) is 15.1. The Balaban J connectivity index is 1.06. The molecule has 7 heteroatoms. The van der Waals surface area contributed by atoms with Gasteiger partial charge in [-0.25, -0.2) is 0 Å². The maximum atomic E-state index is 10.9. The number of aliphatic hydroxyl groups excluding tert-OH is 3. The fourth-order valence-electron chi connectivity index (χ4n) is 5.62. The predicted molar refractivity (Wildman–Crippen MR) is 183 cm³/mol. The van der Waals surface area contributed by atoms with E-state index in [1.807, 2.05) is 132 Å². The van der Waals surface area contributed by atoms with Gasteiger partial charge in [0.15, 0.2) is 0 Å². The Bertz CT molecular complexity index is 1660. The van der Waals surface area contributed by atoms with Crippen molar-refractivity contribution in [2.24, 2.45) is 0 Å². The molecule has 0 aliphatic rings. The lowest BCUT2D eigenvalue weighted by Crippen LogP contribution is -2.45. The number of nitrogens with zero attached hydrogens (tertiary/aromatic N) is 1. The monoisotopic (exact) mass is 617 g/mol. The normalized spacial score (nSPS) is 13.6. The Morgan fingerprint density at radius 1 is 0.391 bits per heavy atom. The van der Waals surface area contributed by atoms with Crippen molar-refractivity contribution < 1.29 is 29.5 Å². The van der Waals surface area contributed by atoms with Crippen molar-refractivity contribution in [1.82, 2.24) is 4.90 Å². The zero-order chi connectivity index (χ0) is 31.7. The molecule has 46 heavy (non-hydrogen) atoms. The maximum absolute atomic E-state index is 10.9. The summed E-state index contributed by atoms with van der Waals surface area (Å²) in [6.45, 7) is 0.696. The van der Waals surface area contributed by atoms with E-state index in [1.54, 1.807) is 0 Å². The first-order valence-corrected chi connectivity index (χ1v) is 15.6. The van der Waals surface area contributed by atoms with Gasteiger partial charge in [-0.2, -0.15) is 0 Å². The van der Waals surface area contributed by atoms with E-state index < -0.39 is 18.3 Å². The van der Waals surface area contributed by atoms with Crippen molar-refractivity contribution in [3.8, 4) is 17.2 Å². The first-order chi connectivity index (χ1) is 22.5. The Morgan fingerprint density at radius 2 is 0.674 bits per heavy atom. The number of hydrogen-bond acceptors (Lipinski definition) is 7. The molecule has 6 rings (SSSR count). The summed E-state index contributed by atoms with van der Waals surface area (Å²) in [6.07, 6.45) is -2.60. The Morgan fingerprint density at radius 3 is 0.978 bits per heavy atom. The summed E-state index contributed by atoms with van der Waals surface area (Å²) >= 11 is 0. The topological polar surface area (TPSA) is 91.6 Å². The second-order valence-corrected chi connectivity index (χ2v) is 11.6. The van der Waals surface area contributed by atoms with Gasteiger partial charge >= 0.3 is 0 Å². The summed E-state index contributed by atoms with van der Waals surface area (Å²) < 4.78 is 17.7. The number of hydrogen-bond donors (Lipinski definition) is 3. The van der Waals surface area contributed by atoms with E-state index in [9.17, 15) is 15.3 Å². The third-order valence-corrected chi connectivity index (χ3v) is 7.90. The first-order valence-electron chi connectivity index (χ1n) is 15.6. The number of rotatable bonds is 15. The molecule has 0 aliphatic heterocycles. The lowest BCUT2D eigenvalue weighted by atomic mass is 10.1. The molecule has 3 N–H and O–H groups in total. The average molecular weight is 618 g/mol. The minimum atomic E-state index is -0.867. The van der Waals surface area contributed by atoms with Gasteiger partial charge in [-0.3, -0.25) is 4.90 Å². The highest BCUT2D eigenvalue weighted by atomic mass is 16.5. The van der Waals surface area contributed by atoms with E-state index in [0.717, 1.165) is 32.3 Å². The molecule has 3 unspecified atom stereocenters. The van der Waals surface area contributed by atoms with Crippen molar-refractivity contribution in [3.63, 3.8) is 0 Å². The van der Waals surface area contributed by atoms with Gasteiger partial charge in [0.25, 0.3) is 0 Å². The molecule has 0 saturated heterocycles. The molecule has 236 valence electrons. The van der Waals surface area contributed by atoms with Crippen molar-refractivity contribution in [2.75, 3.05) is 39.5 Å². The molecule has 6 aromatic carbocycles. The highest BCUT2D eigenvalue weighted by Crippen LogP contribution is 2.23. The van der Waals surface area contributed by atoms with Crippen molar-refractivity contribution in [1.29, 1.82) is 0 Å². The van der Waals surface area contributed by atoms with Gasteiger partial charge in [0.05, 0.1) is 0 Å². The molecule has 0 fully saturated rings. The lowest BCUT2D eigenvalue weighted by molar-refractivity contribution is 0.00363. The SMILES string of the molecule is OC(COc1ccc2ccccc2c1)CN(CC(O)COc1ccc2ccccc2c1)CC(O)COc1ccc2ccccc2c1. The minimum absolute atomic E-state index is 0.0577. The smallest absolute Gasteiger partial charge is 0.120 e. The van der Waals surface area contributed by atoms with Crippen LogP contribution in [0.15, 0.2) is 127 Å². The summed E-state index contributed by atoms with van der Waals surface area (Å²) in [7, 11) is 0. The van der Waals surface area contributed by atoms with Crippen molar-refractivity contribution in [3.05, 3.63) is 127 Å². The number of benzene rings is 6. The zero-order valence-corrected chi connectivity index (χ0v) is 25.6. The molecule has 0 bridgehead atoms. The molecule has 0 aromatic heterocycles. The summed E-state index contributed by atoms with van der Waals surface area (Å²) in [5.74, 6) is 1.99. The van der Waals surface area contributed by atoms with E-state index in [4.69, 9.17) is 14.2 Å². The molecule has 6 aromatic rings. The van der Waals surface area contributed by atoms with Crippen LogP contribution >= 0.6 is 0 Å². The summed E-state index contributed by atoms with van der Waals surface area (Å²) in [4.78, 5) is 1.82. The standard InChI is InChI=1S/C39H39NO6/c41-34(25-44-37-16-13-28-7-1-4-10-31(28)19-37)22-40(23-35(42)26-45-38-17-14-29-8-2-5-11-32(29)20-38)24-36(43)27-46-39-18-15-30-9-3-6-12-33(30)21-39/h1-21,34-36,41-43H,22-27H2. The number of aliphatic hydroxyl groups is 3. The Kier molecular flexibility index (Phi) is 10.3. The highest BCUT2D eigenvalue weighted by molar-refractivity contribution is 5.85. The van der Waals surface area contributed by atoms with Crippen LogP contribution in [0.5, 0.6) is 17.2 Å². The van der Waals surface area contributed by atoms with Crippen LogP contribution in [0, 0.1) is 0 Å². The van der Waals surface area contributed by atoms with Crippen LogP contribution in [0.2, 0.25) is 0 Å². The number of ether oxygens (including phenoxy) is 3. The molecule has 0 saturated carbocycles. The Labute approximate surface area is 268 Å².